The van der Waals surface area contributed by atoms with Gasteiger partial charge in [0.05, 0.1) is 35.3 Å². The predicted molar refractivity (Wildman–Crippen MR) is 75.0 cm³/mol. The lowest BCUT2D eigenvalue weighted by atomic mass is 10.0. The van der Waals surface area contributed by atoms with E-state index in [2.05, 4.69) is 10.2 Å². The van der Waals surface area contributed by atoms with E-state index in [4.69, 9.17) is 4.74 Å². The molecule has 9 heteroatoms. The fourth-order valence-electron chi connectivity index (χ4n) is 2.05. The quantitative estimate of drug-likeness (QED) is 0.408. The van der Waals surface area contributed by atoms with E-state index in [0.29, 0.717) is 10.9 Å². The number of benzene rings is 1. The van der Waals surface area contributed by atoms with Gasteiger partial charge in [0.2, 0.25) is 0 Å². The number of H-pyrrole nitrogens is 1. The van der Waals surface area contributed by atoms with Crippen LogP contribution in [0.15, 0.2) is 18.2 Å². The number of aromatic amines is 1. The zero-order chi connectivity index (χ0) is 16.3. The van der Waals surface area contributed by atoms with Crippen LogP contribution < -0.4 is 0 Å². The number of nitro groups is 1. The summed E-state index contributed by atoms with van der Waals surface area (Å²) in [6.07, 6.45) is -3.26. The topological polar surface area (TPSA) is 139 Å². The summed E-state index contributed by atoms with van der Waals surface area (Å²) in [4.78, 5) is 21.6. The van der Waals surface area contributed by atoms with E-state index >= 15 is 0 Å². The molecule has 118 valence electrons. The van der Waals surface area contributed by atoms with Crippen molar-refractivity contribution in [1.82, 2.24) is 10.2 Å². The number of nitrogens with one attached hydrogen (secondary N) is 1. The second kappa shape index (κ2) is 6.50. The first-order valence-electron chi connectivity index (χ1n) is 6.58. The average Bonchev–Trinajstić information content (AvgIpc) is 2.89. The molecule has 22 heavy (non-hydrogen) atoms. The van der Waals surface area contributed by atoms with Crippen molar-refractivity contribution in [2.75, 3.05) is 6.61 Å². The third kappa shape index (κ3) is 3.21. The molecule has 3 N–H and O–H groups in total. The van der Waals surface area contributed by atoms with E-state index in [-0.39, 0.29) is 18.0 Å². The van der Waals surface area contributed by atoms with Crippen molar-refractivity contribution in [1.29, 1.82) is 0 Å². The van der Waals surface area contributed by atoms with Crippen molar-refractivity contribution in [3.05, 3.63) is 34.0 Å². The van der Waals surface area contributed by atoms with Crippen LogP contribution in [0.1, 0.15) is 25.1 Å². The number of carbonyl (C=O) groups excluding carboxylic acids is 1. The Kier molecular flexibility index (Phi) is 4.68. The first-order valence-corrected chi connectivity index (χ1v) is 6.58. The SMILES string of the molecule is CCOC(=O)CC(O)C(O)c1[nH]nc2ccc([N+](=O)[O-])cc12. The number of esters is 1. The molecule has 2 atom stereocenters. The maximum absolute atomic E-state index is 11.3. The summed E-state index contributed by atoms with van der Waals surface area (Å²) in [6.45, 7) is 1.79. The van der Waals surface area contributed by atoms with Crippen LogP contribution in [0.4, 0.5) is 5.69 Å². The second-order valence-electron chi connectivity index (χ2n) is 4.62. The lowest BCUT2D eigenvalue weighted by molar-refractivity contribution is -0.384. The Hall–Kier alpha value is -2.52. The van der Waals surface area contributed by atoms with Crippen molar-refractivity contribution in [3.8, 4) is 0 Å². The first kappa shape index (κ1) is 15.9. The number of aliphatic hydroxyl groups excluding tert-OH is 2. The van der Waals surface area contributed by atoms with Gasteiger partial charge >= 0.3 is 5.97 Å². The van der Waals surface area contributed by atoms with Gasteiger partial charge in [-0.3, -0.25) is 20.0 Å². The van der Waals surface area contributed by atoms with Gasteiger partial charge < -0.3 is 14.9 Å². The van der Waals surface area contributed by atoms with E-state index in [9.17, 15) is 25.1 Å². The van der Waals surface area contributed by atoms with Crippen molar-refractivity contribution in [2.24, 2.45) is 0 Å². The first-order chi connectivity index (χ1) is 10.4. The summed E-state index contributed by atoms with van der Waals surface area (Å²) in [6, 6.07) is 3.96. The van der Waals surface area contributed by atoms with Crippen LogP contribution in [0.5, 0.6) is 0 Å². The summed E-state index contributed by atoms with van der Waals surface area (Å²) in [7, 11) is 0. The van der Waals surface area contributed by atoms with Gasteiger partial charge in [0.25, 0.3) is 5.69 Å². The lowest BCUT2D eigenvalue weighted by Gasteiger charge is -2.16. The summed E-state index contributed by atoms with van der Waals surface area (Å²) in [5.41, 5.74) is 0.348. The Morgan fingerprint density at radius 3 is 2.86 bits per heavy atom. The van der Waals surface area contributed by atoms with Gasteiger partial charge in [-0.2, -0.15) is 5.10 Å². The van der Waals surface area contributed by atoms with Crippen molar-refractivity contribution in [2.45, 2.75) is 25.6 Å². The summed E-state index contributed by atoms with van der Waals surface area (Å²) in [5.74, 6) is -0.649. The molecule has 1 aromatic heterocycles. The van der Waals surface area contributed by atoms with Crippen LogP contribution in [0, 0.1) is 10.1 Å². The normalized spacial score (nSPS) is 13.8. The molecule has 2 unspecified atom stereocenters. The lowest BCUT2D eigenvalue weighted by Crippen LogP contribution is -2.23. The molecule has 1 heterocycles. The standard InChI is InChI=1S/C13H15N3O6/c1-2-22-11(18)6-10(17)13(19)12-8-5-7(16(20)21)3-4-9(8)14-15-12/h3-5,10,13,17,19H,2,6H2,1H3,(H,14,15). The molecule has 0 aliphatic carbocycles. The number of carbonyl (C=O) groups is 1. The summed E-state index contributed by atoms with van der Waals surface area (Å²) < 4.78 is 4.69. The molecule has 2 rings (SSSR count). The minimum Gasteiger partial charge on any atom is -0.466 e. The molecule has 0 saturated heterocycles. The highest BCUT2D eigenvalue weighted by atomic mass is 16.6. The van der Waals surface area contributed by atoms with Gasteiger partial charge in [-0.1, -0.05) is 0 Å². The van der Waals surface area contributed by atoms with Gasteiger partial charge in [0.1, 0.15) is 6.10 Å². The number of aromatic nitrogens is 2. The average molecular weight is 309 g/mol. The Labute approximate surface area is 124 Å². The maximum Gasteiger partial charge on any atom is 0.308 e. The zero-order valence-corrected chi connectivity index (χ0v) is 11.7. The molecule has 2 aromatic rings. The van der Waals surface area contributed by atoms with E-state index in [1.165, 1.54) is 18.2 Å². The number of nitro benzene ring substituents is 1. The largest absolute Gasteiger partial charge is 0.466 e. The Morgan fingerprint density at radius 2 is 2.23 bits per heavy atom. The molecule has 1 aromatic carbocycles. The number of ether oxygens (including phenoxy) is 1. The number of hydrogen-bond acceptors (Lipinski definition) is 7. The minimum absolute atomic E-state index is 0.107. The molecule has 0 radical (unpaired) electrons. The number of nitrogens with zero attached hydrogens (tertiary/aromatic N) is 2. The van der Waals surface area contributed by atoms with E-state index < -0.39 is 29.5 Å². The molecule has 0 fully saturated rings. The fourth-order valence-corrected chi connectivity index (χ4v) is 2.05. The highest BCUT2D eigenvalue weighted by Gasteiger charge is 2.26. The van der Waals surface area contributed by atoms with Gasteiger partial charge in [-0.25, -0.2) is 0 Å². The van der Waals surface area contributed by atoms with E-state index in [1.54, 1.807) is 6.92 Å². The highest BCUT2D eigenvalue weighted by molar-refractivity contribution is 5.84. The third-order valence-corrected chi connectivity index (χ3v) is 3.12. The predicted octanol–water partition coefficient (Wildman–Crippen LogP) is 0.819. The van der Waals surface area contributed by atoms with Crippen molar-refractivity contribution in [3.63, 3.8) is 0 Å². The van der Waals surface area contributed by atoms with Gasteiger partial charge in [-0.05, 0) is 13.0 Å². The fraction of sp³-hybridized carbons (Fsp3) is 0.385. The van der Waals surface area contributed by atoms with Crippen molar-refractivity contribution < 1.29 is 24.7 Å². The van der Waals surface area contributed by atoms with Gasteiger partial charge in [0.15, 0.2) is 0 Å². The van der Waals surface area contributed by atoms with Crippen LogP contribution in [0.3, 0.4) is 0 Å². The van der Waals surface area contributed by atoms with Gasteiger partial charge in [-0.15, -0.1) is 0 Å². The summed E-state index contributed by atoms with van der Waals surface area (Å²) >= 11 is 0. The number of non-ortho nitro benzene ring substituents is 1. The minimum atomic E-state index is -1.45. The second-order valence-corrected chi connectivity index (χ2v) is 4.62. The molecule has 0 spiro atoms. The number of hydrogen-bond donors (Lipinski definition) is 3. The van der Waals surface area contributed by atoms with Crippen LogP contribution in [0.25, 0.3) is 10.9 Å². The Morgan fingerprint density at radius 1 is 1.50 bits per heavy atom. The molecular weight excluding hydrogens is 294 g/mol. The smallest absolute Gasteiger partial charge is 0.308 e. The molecule has 0 aliphatic heterocycles. The number of fused-ring (bicyclic) bond motifs is 1. The van der Waals surface area contributed by atoms with Crippen LogP contribution in [-0.4, -0.2) is 44.0 Å². The zero-order valence-electron chi connectivity index (χ0n) is 11.7. The molecule has 0 bridgehead atoms. The molecule has 0 aliphatic rings. The molecule has 9 nitrogen and oxygen atoms in total. The molecule has 0 amide bonds. The highest BCUT2D eigenvalue weighted by Crippen LogP contribution is 2.28. The van der Waals surface area contributed by atoms with E-state index in [0.717, 1.165) is 0 Å². The third-order valence-electron chi connectivity index (χ3n) is 3.12. The maximum atomic E-state index is 11.3. The van der Waals surface area contributed by atoms with Crippen LogP contribution in [0.2, 0.25) is 0 Å². The summed E-state index contributed by atoms with van der Waals surface area (Å²) in [5, 5.41) is 37.6. The van der Waals surface area contributed by atoms with E-state index in [1.807, 2.05) is 0 Å². The van der Waals surface area contributed by atoms with Crippen LogP contribution >= 0.6 is 0 Å². The van der Waals surface area contributed by atoms with Crippen LogP contribution in [-0.2, 0) is 9.53 Å². The number of aliphatic hydroxyl groups is 2. The Balaban J connectivity index is 2.27. The number of rotatable bonds is 6. The molecule has 0 saturated carbocycles. The van der Waals surface area contributed by atoms with Gasteiger partial charge in [0, 0.05) is 17.5 Å². The Bertz CT molecular complexity index is 698. The monoisotopic (exact) mass is 309 g/mol. The molecular formula is C13H15N3O6. The van der Waals surface area contributed by atoms with Crippen molar-refractivity contribution >= 4 is 22.6 Å².